The van der Waals surface area contributed by atoms with Gasteiger partial charge in [-0.05, 0) is 30.5 Å². The minimum atomic E-state index is -0.648. The van der Waals surface area contributed by atoms with Crippen LogP contribution in [0.2, 0.25) is 0 Å². The number of benzene rings is 1. The summed E-state index contributed by atoms with van der Waals surface area (Å²) in [4.78, 5) is 41.0. The van der Waals surface area contributed by atoms with E-state index in [-0.39, 0.29) is 42.9 Å². The zero-order valence-corrected chi connectivity index (χ0v) is 17.9. The van der Waals surface area contributed by atoms with E-state index in [0.29, 0.717) is 19.5 Å². The first kappa shape index (κ1) is 24.1. The number of methoxy groups -OCH3 is 1. The number of nitrogen functional groups attached to an aromatic ring is 1. The lowest BCUT2D eigenvalue weighted by Crippen LogP contribution is -2.44. The summed E-state index contributed by atoms with van der Waals surface area (Å²) in [5, 5.41) is 2.78. The molecule has 0 saturated carbocycles. The van der Waals surface area contributed by atoms with Gasteiger partial charge in [0.15, 0.2) is 0 Å². The molecule has 0 saturated heterocycles. The maximum atomic E-state index is 13.0. The van der Waals surface area contributed by atoms with E-state index in [1.165, 1.54) is 28.7 Å². The number of nitrogens with one attached hydrogen (secondary N) is 2. The van der Waals surface area contributed by atoms with Gasteiger partial charge in [-0.25, -0.2) is 9.18 Å². The fourth-order valence-corrected chi connectivity index (χ4v) is 3.12. The molecule has 0 atom stereocenters. The topological polar surface area (TPSA) is 122 Å². The van der Waals surface area contributed by atoms with Crippen LogP contribution >= 0.6 is 0 Å². The SMILES string of the molecule is CCCCn1c(N)c(N(CCOC)CC(=O)NCCc2ccc(F)cc2)c(=O)[nH]c1=O. The maximum Gasteiger partial charge on any atom is 0.330 e. The van der Waals surface area contributed by atoms with Crippen molar-refractivity contribution in [3.8, 4) is 0 Å². The second-order valence-corrected chi connectivity index (χ2v) is 7.14. The third-order valence-electron chi connectivity index (χ3n) is 4.81. The van der Waals surface area contributed by atoms with E-state index in [2.05, 4.69) is 10.3 Å². The van der Waals surface area contributed by atoms with Gasteiger partial charge in [-0.2, -0.15) is 0 Å². The second kappa shape index (κ2) is 11.9. The molecule has 170 valence electrons. The number of ether oxygens (including phenoxy) is 1. The lowest BCUT2D eigenvalue weighted by Gasteiger charge is -2.25. The van der Waals surface area contributed by atoms with Crippen molar-refractivity contribution in [2.45, 2.75) is 32.7 Å². The van der Waals surface area contributed by atoms with Gasteiger partial charge >= 0.3 is 5.69 Å². The standard InChI is InChI=1S/C21H30FN5O4/c1-3-4-11-27-19(23)18(20(29)25-21(27)30)26(12-13-31-2)14-17(28)24-10-9-15-5-7-16(22)8-6-15/h5-8H,3-4,9-14,23H2,1-2H3,(H,24,28)(H,25,29,30). The average molecular weight is 436 g/mol. The number of carbonyl (C=O) groups excluding carboxylic acids is 1. The van der Waals surface area contributed by atoms with Gasteiger partial charge in [0.1, 0.15) is 17.3 Å². The van der Waals surface area contributed by atoms with Crippen LogP contribution in [0.3, 0.4) is 0 Å². The van der Waals surface area contributed by atoms with Crippen LogP contribution < -0.4 is 27.2 Å². The number of halogens is 1. The Morgan fingerprint density at radius 3 is 2.65 bits per heavy atom. The number of rotatable bonds is 12. The van der Waals surface area contributed by atoms with E-state index in [1.54, 1.807) is 12.1 Å². The van der Waals surface area contributed by atoms with Crippen LogP contribution in [-0.2, 0) is 22.5 Å². The third-order valence-corrected chi connectivity index (χ3v) is 4.81. The molecular formula is C21H30FN5O4. The van der Waals surface area contributed by atoms with Crippen molar-refractivity contribution in [2.75, 3.05) is 44.0 Å². The molecule has 2 rings (SSSR count). The van der Waals surface area contributed by atoms with Gasteiger partial charge in [0.2, 0.25) is 5.91 Å². The first-order chi connectivity index (χ1) is 14.9. The van der Waals surface area contributed by atoms with Crippen molar-refractivity contribution in [3.63, 3.8) is 0 Å². The normalized spacial score (nSPS) is 10.8. The number of hydrogen-bond donors (Lipinski definition) is 3. The number of nitrogens with zero attached hydrogens (tertiary/aromatic N) is 2. The van der Waals surface area contributed by atoms with Crippen molar-refractivity contribution < 1.29 is 13.9 Å². The van der Waals surface area contributed by atoms with E-state index in [1.807, 2.05) is 6.92 Å². The Bertz CT molecular complexity index is 971. The zero-order chi connectivity index (χ0) is 22.8. The van der Waals surface area contributed by atoms with Gasteiger partial charge in [0, 0.05) is 26.7 Å². The number of H-pyrrole nitrogens is 1. The van der Waals surface area contributed by atoms with Gasteiger partial charge in [-0.1, -0.05) is 25.5 Å². The number of aromatic nitrogens is 2. The second-order valence-electron chi connectivity index (χ2n) is 7.14. The summed E-state index contributed by atoms with van der Waals surface area (Å²) >= 11 is 0. The Labute approximate surface area is 180 Å². The Balaban J connectivity index is 2.13. The number of nitrogens with two attached hydrogens (primary N) is 1. The van der Waals surface area contributed by atoms with Crippen LogP contribution in [0.25, 0.3) is 0 Å². The summed E-state index contributed by atoms with van der Waals surface area (Å²) in [6.07, 6.45) is 2.11. The van der Waals surface area contributed by atoms with Crippen LogP contribution in [0, 0.1) is 5.82 Å². The molecule has 10 heteroatoms. The number of unbranched alkanes of at least 4 members (excludes halogenated alkanes) is 1. The molecule has 1 aromatic heterocycles. The monoisotopic (exact) mass is 435 g/mol. The minimum absolute atomic E-state index is 0.0254. The minimum Gasteiger partial charge on any atom is -0.383 e. The predicted molar refractivity (Wildman–Crippen MR) is 118 cm³/mol. The van der Waals surface area contributed by atoms with Crippen LogP contribution in [0.5, 0.6) is 0 Å². The molecule has 9 nitrogen and oxygen atoms in total. The van der Waals surface area contributed by atoms with Crippen molar-refractivity contribution in [1.82, 2.24) is 14.9 Å². The summed E-state index contributed by atoms with van der Waals surface area (Å²) in [5.74, 6) is -0.606. The number of anilines is 2. The number of hydrogen-bond acceptors (Lipinski definition) is 6. The largest absolute Gasteiger partial charge is 0.383 e. The van der Waals surface area contributed by atoms with Crippen molar-refractivity contribution in [2.24, 2.45) is 0 Å². The molecule has 0 unspecified atom stereocenters. The first-order valence-electron chi connectivity index (χ1n) is 10.2. The Morgan fingerprint density at radius 1 is 1.29 bits per heavy atom. The van der Waals surface area contributed by atoms with Crippen LogP contribution in [0.4, 0.5) is 15.9 Å². The molecule has 4 N–H and O–H groups in total. The Kier molecular flexibility index (Phi) is 9.26. The van der Waals surface area contributed by atoms with Gasteiger partial charge in [-0.15, -0.1) is 0 Å². The van der Waals surface area contributed by atoms with Crippen LogP contribution in [-0.4, -0.2) is 48.8 Å². The molecule has 0 radical (unpaired) electrons. The summed E-state index contributed by atoms with van der Waals surface area (Å²) < 4.78 is 19.4. The number of aromatic amines is 1. The summed E-state index contributed by atoms with van der Waals surface area (Å²) in [5.41, 5.74) is 5.90. The maximum absolute atomic E-state index is 13.0. The van der Waals surface area contributed by atoms with E-state index in [4.69, 9.17) is 10.5 Å². The molecule has 0 fully saturated rings. The molecule has 1 heterocycles. The molecule has 31 heavy (non-hydrogen) atoms. The zero-order valence-electron chi connectivity index (χ0n) is 17.9. The first-order valence-corrected chi connectivity index (χ1v) is 10.2. The molecule has 0 aliphatic heterocycles. The lowest BCUT2D eigenvalue weighted by atomic mass is 10.1. The average Bonchev–Trinajstić information content (AvgIpc) is 2.73. The molecular weight excluding hydrogens is 405 g/mol. The van der Waals surface area contributed by atoms with E-state index >= 15 is 0 Å². The van der Waals surface area contributed by atoms with E-state index in [0.717, 1.165) is 18.4 Å². The smallest absolute Gasteiger partial charge is 0.330 e. The summed E-state index contributed by atoms with van der Waals surface area (Å²) in [7, 11) is 1.51. The molecule has 1 amide bonds. The fraction of sp³-hybridized carbons (Fsp3) is 0.476. The van der Waals surface area contributed by atoms with E-state index in [9.17, 15) is 18.8 Å². The van der Waals surface area contributed by atoms with E-state index < -0.39 is 11.2 Å². The molecule has 0 aliphatic rings. The highest BCUT2D eigenvalue weighted by Crippen LogP contribution is 2.16. The highest BCUT2D eigenvalue weighted by molar-refractivity contribution is 5.82. The van der Waals surface area contributed by atoms with Gasteiger partial charge in [0.25, 0.3) is 5.56 Å². The Hall–Kier alpha value is -3.14. The predicted octanol–water partition coefficient (Wildman–Crippen LogP) is 0.870. The molecule has 0 aliphatic carbocycles. The molecule has 1 aromatic carbocycles. The fourth-order valence-electron chi connectivity index (χ4n) is 3.12. The van der Waals surface area contributed by atoms with Gasteiger partial charge in [0.05, 0.1) is 13.2 Å². The number of amides is 1. The van der Waals surface area contributed by atoms with Crippen molar-refractivity contribution in [1.29, 1.82) is 0 Å². The molecule has 0 bridgehead atoms. The molecule has 2 aromatic rings. The van der Waals surface area contributed by atoms with Crippen LogP contribution in [0.15, 0.2) is 33.9 Å². The quantitative estimate of drug-likeness (QED) is 0.455. The van der Waals surface area contributed by atoms with Crippen molar-refractivity contribution in [3.05, 3.63) is 56.5 Å². The lowest BCUT2D eigenvalue weighted by molar-refractivity contribution is -0.119. The Morgan fingerprint density at radius 2 is 2.00 bits per heavy atom. The summed E-state index contributed by atoms with van der Waals surface area (Å²) in [6.45, 7) is 3.06. The van der Waals surface area contributed by atoms with Gasteiger partial charge in [-0.3, -0.25) is 19.1 Å². The summed E-state index contributed by atoms with van der Waals surface area (Å²) in [6, 6.07) is 6.05. The highest BCUT2D eigenvalue weighted by atomic mass is 19.1. The molecule has 0 spiro atoms. The highest BCUT2D eigenvalue weighted by Gasteiger charge is 2.20. The van der Waals surface area contributed by atoms with Crippen LogP contribution in [0.1, 0.15) is 25.3 Å². The third kappa shape index (κ3) is 6.95. The number of carbonyl (C=O) groups is 1. The van der Waals surface area contributed by atoms with Gasteiger partial charge < -0.3 is 20.7 Å². The van der Waals surface area contributed by atoms with Crippen molar-refractivity contribution >= 4 is 17.4 Å².